The van der Waals surface area contributed by atoms with Crippen LogP contribution in [0.3, 0.4) is 0 Å². The molecule has 0 saturated carbocycles. The van der Waals surface area contributed by atoms with Crippen LogP contribution in [-0.2, 0) is 0 Å². The molecule has 0 radical (unpaired) electrons. The van der Waals surface area contributed by atoms with E-state index in [1.54, 1.807) is 47.7 Å². The molecule has 8 aromatic carbocycles. The maximum absolute atomic E-state index is 9.00. The van der Waals surface area contributed by atoms with Gasteiger partial charge < -0.3 is 4.42 Å². The lowest BCUT2D eigenvalue weighted by Crippen LogP contribution is -2.06. The van der Waals surface area contributed by atoms with Crippen LogP contribution < -0.4 is 0 Å². The van der Waals surface area contributed by atoms with Gasteiger partial charge in [-0.3, -0.25) is 4.57 Å². The molecule has 0 aliphatic carbocycles. The molecule has 12 rings (SSSR count). The van der Waals surface area contributed by atoms with Crippen molar-refractivity contribution in [2.75, 3.05) is 0 Å². The van der Waals surface area contributed by atoms with Gasteiger partial charge in [0.15, 0.2) is 11.6 Å². The number of thiophene rings is 1. The summed E-state index contributed by atoms with van der Waals surface area (Å²) in [4.78, 5) is 15.0. The Morgan fingerprint density at radius 1 is 0.456 bits per heavy atom. The van der Waals surface area contributed by atoms with Gasteiger partial charge in [0.2, 0.25) is 5.95 Å². The summed E-state index contributed by atoms with van der Waals surface area (Å²) >= 11 is 1.71. The second-order valence-electron chi connectivity index (χ2n) is 13.6. The van der Waals surface area contributed by atoms with Crippen molar-refractivity contribution in [2.45, 2.75) is 0 Å². The Balaban J connectivity index is 1.15. The number of benzene rings is 8. The van der Waals surface area contributed by atoms with E-state index in [-0.39, 0.29) is 40.8 Å². The molecule has 6 heteroatoms. The summed E-state index contributed by atoms with van der Waals surface area (Å²) in [5, 5.41) is 5.25. The highest BCUT2D eigenvalue weighted by Crippen LogP contribution is 2.44. The molecule has 5 nitrogen and oxygen atoms in total. The zero-order chi connectivity index (χ0) is 46.2. The fraction of sp³-hybridized carbons (Fsp3) is 0. The summed E-state index contributed by atoms with van der Waals surface area (Å²) in [5.41, 5.74) is 5.01. The minimum atomic E-state index is -0.547. The van der Waals surface area contributed by atoms with Crippen molar-refractivity contribution in [3.8, 4) is 51.0 Å². The Bertz CT molecular complexity index is 4070. The van der Waals surface area contributed by atoms with Gasteiger partial charge in [-0.15, -0.1) is 11.3 Å². The Hall–Kier alpha value is -7.41. The van der Waals surface area contributed by atoms with Crippen molar-refractivity contribution in [1.29, 1.82) is 0 Å². The monoisotopic (exact) mass is 756 g/mol. The second kappa shape index (κ2) is 12.6. The van der Waals surface area contributed by atoms with Gasteiger partial charge >= 0.3 is 0 Å². The number of fused-ring (bicyclic) bond motifs is 10. The van der Waals surface area contributed by atoms with Gasteiger partial charge in [-0.25, -0.2) is 4.98 Å². The van der Waals surface area contributed by atoms with Crippen molar-refractivity contribution < 1.29 is 18.1 Å². The molecule has 4 heterocycles. The van der Waals surface area contributed by atoms with Gasteiger partial charge in [-0.05, 0) is 64.7 Å². The molecule has 12 aromatic rings. The van der Waals surface area contributed by atoms with Crippen molar-refractivity contribution in [2.24, 2.45) is 0 Å². The Morgan fingerprint density at radius 3 is 2.04 bits per heavy atom. The van der Waals surface area contributed by atoms with Crippen LogP contribution >= 0.6 is 11.3 Å². The summed E-state index contributed by atoms with van der Waals surface area (Å²) in [6, 6.07) is 34.5. The smallest absolute Gasteiger partial charge is 0.238 e. The molecule has 0 saturated heterocycles. The van der Waals surface area contributed by atoms with Crippen LogP contribution in [0.1, 0.15) is 13.7 Å². The van der Waals surface area contributed by atoms with Crippen molar-refractivity contribution in [1.82, 2.24) is 19.5 Å². The Kier molecular flexibility index (Phi) is 5.18. The maximum Gasteiger partial charge on any atom is 0.238 e. The number of hydrogen-bond acceptors (Lipinski definition) is 5. The summed E-state index contributed by atoms with van der Waals surface area (Å²) in [6.07, 6.45) is 0. The molecule has 0 N–H and O–H groups in total. The molecule has 4 aromatic heterocycles. The molecular weight excluding hydrogens is 717 g/mol. The fourth-order valence-corrected chi connectivity index (χ4v) is 9.09. The number of aromatic nitrogens is 4. The summed E-state index contributed by atoms with van der Waals surface area (Å²) in [5.74, 6) is 0.127. The van der Waals surface area contributed by atoms with Gasteiger partial charge in [0, 0.05) is 52.8 Å². The number of furan rings is 1. The predicted octanol–water partition coefficient (Wildman–Crippen LogP) is 13.9. The first kappa shape index (κ1) is 23.5. The van der Waals surface area contributed by atoms with Crippen LogP contribution in [0.5, 0.6) is 0 Å². The Morgan fingerprint density at radius 2 is 1.19 bits per heavy atom. The van der Waals surface area contributed by atoms with Crippen LogP contribution in [0.2, 0.25) is 0 Å². The molecule has 0 bridgehead atoms. The van der Waals surface area contributed by atoms with E-state index in [1.165, 1.54) is 0 Å². The van der Waals surface area contributed by atoms with Crippen LogP contribution in [0.25, 0.3) is 115 Å². The lowest BCUT2D eigenvalue weighted by molar-refractivity contribution is 0.669. The highest BCUT2D eigenvalue weighted by Gasteiger charge is 2.22. The molecule has 0 fully saturated rings. The SMILES string of the molecule is [2H]c1c([2H])c([2H])c(-c2nc(-c3ccc4c(c3)oc3cccc(-c5c([2H])c([2H])c([2H])c([2H])c5[2H])c34)nc(-n3c4cc(-c5ccccc5)ccc4c4c5c(ccc43)sc3ccccc35)n2)c([2H])c1[2H]. The summed E-state index contributed by atoms with van der Waals surface area (Å²) < 4.78 is 96.4. The molecule has 0 spiro atoms. The summed E-state index contributed by atoms with van der Waals surface area (Å²) in [7, 11) is 0. The highest BCUT2D eigenvalue weighted by molar-refractivity contribution is 7.26. The first-order chi connectivity index (χ1) is 32.4. The average molecular weight is 757 g/mol. The van der Waals surface area contributed by atoms with Gasteiger partial charge in [-0.1, -0.05) is 139 Å². The lowest BCUT2D eigenvalue weighted by atomic mass is 9.99. The molecule has 0 aliphatic rings. The van der Waals surface area contributed by atoms with E-state index in [0.29, 0.717) is 33.1 Å². The minimum Gasteiger partial charge on any atom is -0.456 e. The molecule has 0 aliphatic heterocycles. The third-order valence-electron chi connectivity index (χ3n) is 10.4. The first-order valence-electron chi connectivity index (χ1n) is 23.2. The Labute approximate surface area is 344 Å². The maximum atomic E-state index is 9.00. The van der Waals surface area contributed by atoms with Crippen LogP contribution in [0.15, 0.2) is 186 Å². The number of rotatable bonds is 5. The minimum absolute atomic E-state index is 0.0445. The van der Waals surface area contributed by atoms with E-state index >= 15 is 0 Å². The zero-order valence-corrected chi connectivity index (χ0v) is 30.5. The van der Waals surface area contributed by atoms with E-state index in [1.807, 2.05) is 53.1 Å². The third-order valence-corrected chi connectivity index (χ3v) is 11.6. The van der Waals surface area contributed by atoms with Gasteiger partial charge in [0.05, 0.1) is 24.7 Å². The quantitative estimate of drug-likeness (QED) is 0.175. The largest absolute Gasteiger partial charge is 0.456 e. The van der Waals surface area contributed by atoms with Crippen molar-refractivity contribution in [3.63, 3.8) is 0 Å². The predicted molar refractivity (Wildman–Crippen MR) is 236 cm³/mol. The summed E-state index contributed by atoms with van der Waals surface area (Å²) in [6.45, 7) is 0. The molecule has 57 heavy (non-hydrogen) atoms. The third kappa shape index (κ3) is 5.04. The highest BCUT2D eigenvalue weighted by atomic mass is 32.1. The van der Waals surface area contributed by atoms with Crippen molar-refractivity contribution >= 4 is 75.3 Å². The molecule has 0 atom stereocenters. The van der Waals surface area contributed by atoms with E-state index in [2.05, 4.69) is 36.4 Å². The van der Waals surface area contributed by atoms with Crippen LogP contribution in [-0.4, -0.2) is 19.5 Å². The van der Waals surface area contributed by atoms with Gasteiger partial charge in [0.1, 0.15) is 11.2 Å². The van der Waals surface area contributed by atoms with E-state index < -0.39 is 48.3 Å². The lowest BCUT2D eigenvalue weighted by Gasteiger charge is -2.11. The van der Waals surface area contributed by atoms with Crippen LogP contribution in [0.4, 0.5) is 0 Å². The van der Waals surface area contributed by atoms with E-state index in [4.69, 9.17) is 33.1 Å². The molecular formula is C51H30N4OS. The van der Waals surface area contributed by atoms with Gasteiger partial charge in [0.25, 0.3) is 0 Å². The van der Waals surface area contributed by atoms with Crippen LogP contribution in [0, 0.1) is 0 Å². The normalized spacial score (nSPS) is 14.3. The van der Waals surface area contributed by atoms with Crippen molar-refractivity contribution in [3.05, 3.63) is 182 Å². The van der Waals surface area contributed by atoms with Gasteiger partial charge in [-0.2, -0.15) is 9.97 Å². The molecule has 266 valence electrons. The molecule has 0 unspecified atom stereocenters. The number of hydrogen-bond donors (Lipinski definition) is 0. The zero-order valence-electron chi connectivity index (χ0n) is 39.7. The fourth-order valence-electron chi connectivity index (χ4n) is 7.97. The second-order valence-corrected chi connectivity index (χ2v) is 14.7. The standard InChI is InChI=1S/C51H30N4OS/c1-4-13-31(14-5-1)34-23-25-37-41(29-34)55(40-27-28-45-48(47(37)40)39-19-10-11-22-44(39)57-45)51-53-49(33-17-8-3-9-18-33)52-50(54-51)35-24-26-38-43(30-35)56-42-21-12-20-36(46(38)42)32-15-6-2-7-16-32/h1-30H/i2D,3D,6D,7D,8D,9D,15D,16D,17D,18D. The van der Waals surface area contributed by atoms with E-state index in [9.17, 15) is 0 Å². The molecule has 0 amide bonds. The number of nitrogens with zero attached hydrogens (tertiary/aromatic N) is 4. The topological polar surface area (TPSA) is 56.7 Å². The van der Waals surface area contributed by atoms with E-state index in [0.717, 1.165) is 53.1 Å². The first-order valence-corrected chi connectivity index (χ1v) is 19.0. The average Bonchev–Trinajstić information content (AvgIpc) is 4.03.